The molecule has 0 spiro atoms. The van der Waals surface area contributed by atoms with Gasteiger partial charge in [0, 0.05) is 18.1 Å². The zero-order valence-electron chi connectivity index (χ0n) is 13.0. The minimum atomic E-state index is 0.280. The van der Waals surface area contributed by atoms with Gasteiger partial charge in [0.25, 0.3) is 0 Å². The van der Waals surface area contributed by atoms with Crippen LogP contribution in [0.5, 0.6) is 5.75 Å². The molecule has 4 rings (SSSR count). The lowest BCUT2D eigenvalue weighted by molar-refractivity contribution is 0.410. The summed E-state index contributed by atoms with van der Waals surface area (Å²) in [6.07, 6.45) is 2.12. The number of aromatic nitrogens is 4. The lowest BCUT2D eigenvalue weighted by Crippen LogP contribution is -2.08. The summed E-state index contributed by atoms with van der Waals surface area (Å²) in [6, 6.07) is 13.2. The van der Waals surface area contributed by atoms with Crippen molar-refractivity contribution in [2.75, 3.05) is 12.8 Å². The van der Waals surface area contributed by atoms with Gasteiger partial charge in [-0.1, -0.05) is 18.2 Å². The minimum absolute atomic E-state index is 0.280. The van der Waals surface area contributed by atoms with Crippen molar-refractivity contribution >= 4 is 11.6 Å². The van der Waals surface area contributed by atoms with Crippen LogP contribution in [0.15, 0.2) is 53.1 Å². The Hall–Kier alpha value is -3.35. The third-order valence-corrected chi connectivity index (χ3v) is 3.71. The molecule has 0 amide bonds. The zero-order valence-corrected chi connectivity index (χ0v) is 13.0. The van der Waals surface area contributed by atoms with Crippen molar-refractivity contribution in [2.24, 2.45) is 0 Å². The van der Waals surface area contributed by atoms with Gasteiger partial charge in [0.15, 0.2) is 11.4 Å². The third-order valence-electron chi connectivity index (χ3n) is 3.71. The van der Waals surface area contributed by atoms with Crippen molar-refractivity contribution in [1.82, 2.24) is 19.6 Å². The van der Waals surface area contributed by atoms with Gasteiger partial charge in [0.2, 0.25) is 5.95 Å². The van der Waals surface area contributed by atoms with E-state index in [0.717, 1.165) is 11.3 Å². The number of nitrogens with two attached hydrogens (primary N) is 1. The highest BCUT2D eigenvalue weighted by Crippen LogP contribution is 2.22. The van der Waals surface area contributed by atoms with E-state index in [0.29, 0.717) is 29.3 Å². The maximum absolute atomic E-state index is 6.04. The summed E-state index contributed by atoms with van der Waals surface area (Å²) >= 11 is 0. The number of anilines is 1. The van der Waals surface area contributed by atoms with Gasteiger partial charge >= 0.3 is 0 Å². The number of nitrogen functional groups attached to an aromatic ring is 1. The van der Waals surface area contributed by atoms with Crippen LogP contribution >= 0.6 is 0 Å². The largest absolute Gasteiger partial charge is 0.496 e. The number of hydrogen-bond acceptors (Lipinski definition) is 6. The average molecular weight is 321 g/mol. The number of hydrogen-bond donors (Lipinski definition) is 1. The van der Waals surface area contributed by atoms with Gasteiger partial charge in [-0.25, -0.2) is 4.98 Å². The van der Waals surface area contributed by atoms with Crippen LogP contribution in [-0.2, 0) is 6.42 Å². The molecule has 24 heavy (non-hydrogen) atoms. The van der Waals surface area contributed by atoms with Gasteiger partial charge in [0.05, 0.1) is 13.4 Å². The van der Waals surface area contributed by atoms with E-state index in [4.69, 9.17) is 14.9 Å². The molecule has 0 radical (unpaired) electrons. The van der Waals surface area contributed by atoms with Crippen LogP contribution < -0.4 is 10.5 Å². The molecule has 2 N–H and O–H groups in total. The highest BCUT2D eigenvalue weighted by molar-refractivity contribution is 5.60. The first-order valence-corrected chi connectivity index (χ1v) is 7.42. The minimum Gasteiger partial charge on any atom is -0.496 e. The average Bonchev–Trinajstić information content (AvgIpc) is 3.24. The number of rotatable bonds is 4. The second-order valence-electron chi connectivity index (χ2n) is 5.26. The van der Waals surface area contributed by atoms with Crippen LogP contribution in [-0.4, -0.2) is 26.7 Å². The van der Waals surface area contributed by atoms with Crippen LogP contribution in [0.3, 0.4) is 0 Å². The van der Waals surface area contributed by atoms with Crippen LogP contribution in [0.2, 0.25) is 0 Å². The number of fused-ring (bicyclic) bond motifs is 1. The maximum atomic E-state index is 6.04. The Balaban J connectivity index is 1.74. The normalized spacial score (nSPS) is 11.0. The van der Waals surface area contributed by atoms with E-state index in [9.17, 15) is 0 Å². The topological polar surface area (TPSA) is 91.5 Å². The van der Waals surface area contributed by atoms with E-state index in [1.807, 2.05) is 42.5 Å². The molecule has 7 nitrogen and oxygen atoms in total. The van der Waals surface area contributed by atoms with Crippen molar-refractivity contribution in [3.8, 4) is 17.2 Å². The molecule has 0 atom stereocenters. The summed E-state index contributed by atoms with van der Waals surface area (Å²) in [5.74, 6) is 2.34. The summed E-state index contributed by atoms with van der Waals surface area (Å²) in [5, 5.41) is 4.38. The number of benzene rings is 1. The molecule has 0 bridgehead atoms. The number of methoxy groups -OCH3 is 1. The first kappa shape index (κ1) is 14.3. The smallest absolute Gasteiger partial charge is 0.224 e. The number of ether oxygens (including phenoxy) is 1. The monoisotopic (exact) mass is 321 g/mol. The Morgan fingerprint density at radius 1 is 1.17 bits per heavy atom. The fraction of sp³-hybridized carbons (Fsp3) is 0.118. The van der Waals surface area contributed by atoms with E-state index in [1.54, 1.807) is 13.4 Å². The van der Waals surface area contributed by atoms with Crippen LogP contribution in [0.25, 0.3) is 17.1 Å². The SMILES string of the molecule is COc1ccccc1Cc1nc(N)n2nc(-c3ccco3)cc2n1. The van der Waals surface area contributed by atoms with Crippen molar-refractivity contribution in [3.63, 3.8) is 0 Å². The molecule has 0 aliphatic heterocycles. The van der Waals surface area contributed by atoms with E-state index in [-0.39, 0.29) is 5.95 Å². The van der Waals surface area contributed by atoms with Crippen molar-refractivity contribution in [3.05, 3.63) is 60.1 Å². The summed E-state index contributed by atoms with van der Waals surface area (Å²) in [7, 11) is 1.64. The first-order valence-electron chi connectivity index (χ1n) is 7.42. The Morgan fingerprint density at radius 3 is 2.83 bits per heavy atom. The lowest BCUT2D eigenvalue weighted by atomic mass is 10.1. The molecule has 0 unspecified atom stereocenters. The molecule has 0 aliphatic carbocycles. The molecule has 0 saturated heterocycles. The second-order valence-corrected chi connectivity index (χ2v) is 5.26. The molecule has 0 saturated carbocycles. The van der Waals surface area contributed by atoms with Gasteiger partial charge in [-0.3, -0.25) is 0 Å². The fourth-order valence-electron chi connectivity index (χ4n) is 2.60. The molecule has 4 aromatic rings. The summed E-state index contributed by atoms with van der Waals surface area (Å²) in [6.45, 7) is 0. The second kappa shape index (κ2) is 5.69. The molecular formula is C17H15N5O2. The molecule has 3 heterocycles. The van der Waals surface area contributed by atoms with Gasteiger partial charge in [-0.05, 0) is 18.2 Å². The quantitative estimate of drug-likeness (QED) is 0.621. The zero-order chi connectivity index (χ0) is 16.5. The number of para-hydroxylation sites is 1. The van der Waals surface area contributed by atoms with Crippen LogP contribution in [0.4, 0.5) is 5.95 Å². The predicted molar refractivity (Wildman–Crippen MR) is 88.7 cm³/mol. The maximum Gasteiger partial charge on any atom is 0.224 e. The lowest BCUT2D eigenvalue weighted by Gasteiger charge is -2.08. The fourth-order valence-corrected chi connectivity index (χ4v) is 2.60. The molecule has 0 aliphatic rings. The summed E-state index contributed by atoms with van der Waals surface area (Å²) in [5.41, 5.74) is 8.32. The highest BCUT2D eigenvalue weighted by Gasteiger charge is 2.13. The predicted octanol–water partition coefficient (Wildman–Crippen LogP) is 2.57. The van der Waals surface area contributed by atoms with Crippen LogP contribution in [0, 0.1) is 0 Å². The van der Waals surface area contributed by atoms with E-state index in [2.05, 4.69) is 15.1 Å². The van der Waals surface area contributed by atoms with Crippen molar-refractivity contribution in [1.29, 1.82) is 0 Å². The molecule has 3 aromatic heterocycles. The number of nitrogens with zero attached hydrogens (tertiary/aromatic N) is 4. The molecule has 7 heteroatoms. The van der Waals surface area contributed by atoms with E-state index >= 15 is 0 Å². The van der Waals surface area contributed by atoms with Crippen LogP contribution in [0.1, 0.15) is 11.4 Å². The standard InChI is InChI=1S/C17H15N5O2/c1-23-13-6-3-2-5-11(13)9-15-19-16-10-12(14-7-4-8-24-14)21-22(16)17(18)20-15/h2-8,10H,9H2,1H3,(H2,18,19,20). The Labute approximate surface area is 137 Å². The van der Waals surface area contributed by atoms with E-state index in [1.165, 1.54) is 4.52 Å². The Kier molecular flexibility index (Phi) is 3.38. The van der Waals surface area contributed by atoms with Gasteiger partial charge in [-0.15, -0.1) is 0 Å². The van der Waals surface area contributed by atoms with E-state index < -0.39 is 0 Å². The molecule has 1 aromatic carbocycles. The van der Waals surface area contributed by atoms with Crippen molar-refractivity contribution in [2.45, 2.75) is 6.42 Å². The first-order chi connectivity index (χ1) is 11.7. The third kappa shape index (κ3) is 2.45. The van der Waals surface area contributed by atoms with Gasteiger partial charge in [-0.2, -0.15) is 14.6 Å². The summed E-state index contributed by atoms with van der Waals surface area (Å²) < 4.78 is 12.2. The highest BCUT2D eigenvalue weighted by atomic mass is 16.5. The molecular weight excluding hydrogens is 306 g/mol. The van der Waals surface area contributed by atoms with Gasteiger partial charge < -0.3 is 14.9 Å². The van der Waals surface area contributed by atoms with Crippen molar-refractivity contribution < 1.29 is 9.15 Å². The molecule has 120 valence electrons. The summed E-state index contributed by atoms with van der Waals surface area (Å²) in [4.78, 5) is 8.90. The molecule has 0 fully saturated rings. The van der Waals surface area contributed by atoms with Gasteiger partial charge in [0.1, 0.15) is 17.3 Å². The Bertz CT molecular complexity index is 992. The number of furan rings is 1. The Morgan fingerprint density at radius 2 is 2.04 bits per heavy atom.